The monoisotopic (exact) mass is 354 g/mol. The molecule has 1 aromatic carbocycles. The van der Waals surface area contributed by atoms with Crippen LogP contribution in [0.1, 0.15) is 32.1 Å². The summed E-state index contributed by atoms with van der Waals surface area (Å²) >= 11 is 0.986. The lowest BCUT2D eigenvalue weighted by molar-refractivity contribution is -0.124. The molecule has 1 fully saturated rings. The van der Waals surface area contributed by atoms with Crippen molar-refractivity contribution in [3.05, 3.63) is 27.9 Å². The van der Waals surface area contributed by atoms with Crippen LogP contribution in [0.2, 0.25) is 0 Å². The third kappa shape index (κ3) is 3.18. The lowest BCUT2D eigenvalue weighted by atomic mass is 9.89. The van der Waals surface area contributed by atoms with Crippen molar-refractivity contribution in [2.75, 3.05) is 0 Å². The molecule has 1 aliphatic carbocycles. The van der Waals surface area contributed by atoms with Gasteiger partial charge >= 0.3 is 4.87 Å². The molecule has 6 nitrogen and oxygen atoms in total. The first kappa shape index (κ1) is 16.2. The van der Waals surface area contributed by atoms with Crippen molar-refractivity contribution < 1.29 is 13.2 Å². The molecule has 23 heavy (non-hydrogen) atoms. The third-order valence-electron chi connectivity index (χ3n) is 4.28. The second-order valence-corrected chi connectivity index (χ2v) is 8.54. The Hall–Kier alpha value is -1.67. The minimum atomic E-state index is -3.91. The molecule has 8 heteroatoms. The highest BCUT2D eigenvalue weighted by molar-refractivity contribution is 7.90. The van der Waals surface area contributed by atoms with Gasteiger partial charge in [-0.25, -0.2) is 13.1 Å². The van der Waals surface area contributed by atoms with Gasteiger partial charge in [-0.05, 0) is 31.0 Å². The van der Waals surface area contributed by atoms with E-state index in [1.807, 2.05) is 0 Å². The summed E-state index contributed by atoms with van der Waals surface area (Å²) < 4.78 is 29.1. The summed E-state index contributed by atoms with van der Waals surface area (Å²) in [5, 5.41) is 0. The zero-order valence-corrected chi connectivity index (χ0v) is 14.4. The molecule has 0 radical (unpaired) electrons. The van der Waals surface area contributed by atoms with Gasteiger partial charge in [0.1, 0.15) is 0 Å². The van der Waals surface area contributed by atoms with E-state index in [0.29, 0.717) is 10.2 Å². The number of nitrogens with one attached hydrogen (secondary N) is 1. The van der Waals surface area contributed by atoms with Gasteiger partial charge in [0.2, 0.25) is 5.91 Å². The first-order valence-corrected chi connectivity index (χ1v) is 9.85. The third-order valence-corrected chi connectivity index (χ3v) is 6.62. The van der Waals surface area contributed by atoms with Crippen molar-refractivity contribution in [2.24, 2.45) is 13.0 Å². The molecule has 1 saturated carbocycles. The van der Waals surface area contributed by atoms with Crippen LogP contribution in [0.4, 0.5) is 0 Å². The molecule has 124 valence electrons. The highest BCUT2D eigenvalue weighted by atomic mass is 32.2. The van der Waals surface area contributed by atoms with Crippen molar-refractivity contribution in [1.82, 2.24) is 9.29 Å². The number of hydrogen-bond donors (Lipinski definition) is 1. The first-order valence-electron chi connectivity index (χ1n) is 7.55. The zero-order valence-electron chi connectivity index (χ0n) is 12.7. The van der Waals surface area contributed by atoms with Crippen LogP contribution in [-0.4, -0.2) is 18.9 Å². The number of amides is 1. The van der Waals surface area contributed by atoms with Crippen molar-refractivity contribution in [3.63, 3.8) is 0 Å². The quantitative estimate of drug-likeness (QED) is 0.913. The van der Waals surface area contributed by atoms with E-state index in [9.17, 15) is 18.0 Å². The van der Waals surface area contributed by atoms with Gasteiger partial charge in [0.15, 0.2) is 0 Å². The Balaban J connectivity index is 1.87. The fraction of sp³-hybridized carbons (Fsp3) is 0.467. The molecule has 0 atom stereocenters. The van der Waals surface area contributed by atoms with Crippen LogP contribution in [-0.2, 0) is 21.9 Å². The van der Waals surface area contributed by atoms with Gasteiger partial charge in [0, 0.05) is 13.0 Å². The zero-order chi connectivity index (χ0) is 16.6. The summed E-state index contributed by atoms with van der Waals surface area (Å²) in [5.74, 6) is -0.652. The molecule has 3 rings (SSSR count). The van der Waals surface area contributed by atoms with E-state index in [1.54, 1.807) is 13.1 Å². The van der Waals surface area contributed by atoms with Crippen LogP contribution in [0.3, 0.4) is 0 Å². The van der Waals surface area contributed by atoms with Crippen LogP contribution < -0.4 is 9.60 Å². The molecule has 1 aliphatic rings. The molecule has 1 heterocycles. The lowest BCUT2D eigenvalue weighted by Gasteiger charge is -2.20. The number of benzene rings is 1. The topological polar surface area (TPSA) is 85.2 Å². The molecular formula is C15H18N2O4S2. The van der Waals surface area contributed by atoms with Crippen LogP contribution in [0, 0.1) is 5.92 Å². The molecule has 1 aromatic heterocycles. The summed E-state index contributed by atoms with van der Waals surface area (Å²) in [6, 6.07) is 4.45. The Morgan fingerprint density at radius 3 is 2.65 bits per heavy atom. The van der Waals surface area contributed by atoms with Gasteiger partial charge in [-0.2, -0.15) is 0 Å². The summed E-state index contributed by atoms with van der Waals surface area (Å²) in [7, 11) is -2.27. The Morgan fingerprint density at radius 1 is 1.26 bits per heavy atom. The van der Waals surface area contributed by atoms with E-state index in [4.69, 9.17) is 0 Å². The van der Waals surface area contributed by atoms with Gasteiger partial charge < -0.3 is 4.57 Å². The summed E-state index contributed by atoms with van der Waals surface area (Å²) in [6.45, 7) is 0. The number of sulfonamides is 1. The predicted molar refractivity (Wildman–Crippen MR) is 89.0 cm³/mol. The number of aryl methyl sites for hydroxylation is 1. The molecule has 0 unspecified atom stereocenters. The van der Waals surface area contributed by atoms with Gasteiger partial charge in [0.05, 0.1) is 15.1 Å². The molecule has 0 spiro atoms. The van der Waals surface area contributed by atoms with Crippen LogP contribution in [0.25, 0.3) is 10.2 Å². The normalized spacial score (nSPS) is 16.6. The summed E-state index contributed by atoms with van der Waals surface area (Å²) in [4.78, 5) is 23.7. The van der Waals surface area contributed by atoms with Crippen LogP contribution >= 0.6 is 11.3 Å². The first-order chi connectivity index (χ1) is 10.9. The Morgan fingerprint density at radius 2 is 1.96 bits per heavy atom. The Kier molecular flexibility index (Phi) is 4.29. The van der Waals surface area contributed by atoms with Gasteiger partial charge in [0.25, 0.3) is 10.0 Å². The van der Waals surface area contributed by atoms with Crippen LogP contribution in [0.15, 0.2) is 27.9 Å². The molecule has 0 aliphatic heterocycles. The number of aromatic nitrogens is 1. The Bertz CT molecular complexity index is 905. The average molecular weight is 354 g/mol. The van der Waals surface area contributed by atoms with Crippen molar-refractivity contribution in [2.45, 2.75) is 37.0 Å². The Labute approximate surface area is 138 Å². The van der Waals surface area contributed by atoms with E-state index in [1.165, 1.54) is 16.7 Å². The SMILES string of the molecule is Cn1c(=O)sc2cc(S(=O)(=O)NC(=O)C3CCCCC3)ccc21. The molecule has 1 amide bonds. The van der Waals surface area contributed by atoms with E-state index < -0.39 is 15.9 Å². The number of carbonyl (C=O) groups excluding carboxylic acids is 1. The summed E-state index contributed by atoms with van der Waals surface area (Å²) in [6.07, 6.45) is 4.49. The van der Waals surface area contributed by atoms with E-state index in [0.717, 1.165) is 43.4 Å². The number of rotatable bonds is 3. The smallest absolute Gasteiger partial charge is 0.302 e. The fourth-order valence-electron chi connectivity index (χ4n) is 2.92. The van der Waals surface area contributed by atoms with E-state index in [-0.39, 0.29) is 15.7 Å². The van der Waals surface area contributed by atoms with Gasteiger partial charge in [-0.1, -0.05) is 30.6 Å². The number of fused-ring (bicyclic) bond motifs is 1. The molecule has 0 bridgehead atoms. The highest BCUT2D eigenvalue weighted by Gasteiger charge is 2.26. The van der Waals surface area contributed by atoms with Gasteiger partial charge in [-0.15, -0.1) is 0 Å². The predicted octanol–water partition coefficient (Wildman–Crippen LogP) is 1.99. The van der Waals surface area contributed by atoms with Crippen LogP contribution in [0.5, 0.6) is 0 Å². The number of hydrogen-bond acceptors (Lipinski definition) is 5. The molecule has 0 saturated heterocycles. The maximum atomic E-state index is 12.4. The van der Waals surface area contributed by atoms with Crippen molar-refractivity contribution in [3.8, 4) is 0 Å². The fourth-order valence-corrected chi connectivity index (χ4v) is 4.98. The number of thiazole rings is 1. The standard InChI is InChI=1S/C15H18N2O4S2/c1-17-12-8-7-11(9-13(12)22-15(17)19)23(20,21)16-14(18)10-5-3-2-4-6-10/h7-10H,2-6H2,1H3,(H,16,18). The molecule has 1 N–H and O–H groups in total. The maximum absolute atomic E-state index is 12.4. The van der Waals surface area contributed by atoms with Crippen molar-refractivity contribution in [1.29, 1.82) is 0 Å². The van der Waals surface area contributed by atoms with Gasteiger partial charge in [-0.3, -0.25) is 9.59 Å². The maximum Gasteiger partial charge on any atom is 0.307 e. The van der Waals surface area contributed by atoms with E-state index in [2.05, 4.69) is 4.72 Å². The lowest BCUT2D eigenvalue weighted by Crippen LogP contribution is -2.36. The highest BCUT2D eigenvalue weighted by Crippen LogP contribution is 2.25. The number of nitrogens with zero attached hydrogens (tertiary/aromatic N) is 1. The second kappa shape index (κ2) is 6.09. The number of carbonyl (C=O) groups is 1. The molecular weight excluding hydrogens is 336 g/mol. The van der Waals surface area contributed by atoms with E-state index >= 15 is 0 Å². The minimum Gasteiger partial charge on any atom is -0.302 e. The van der Waals surface area contributed by atoms with Crippen molar-refractivity contribution >= 4 is 37.5 Å². The minimum absolute atomic E-state index is 0.0102. The summed E-state index contributed by atoms with van der Waals surface area (Å²) in [5.41, 5.74) is 0.678. The average Bonchev–Trinajstić information content (AvgIpc) is 2.82. The largest absolute Gasteiger partial charge is 0.307 e. The molecule has 2 aromatic rings. The second-order valence-electron chi connectivity index (χ2n) is 5.86.